The zero-order chi connectivity index (χ0) is 11.7. The van der Waals surface area contributed by atoms with Crippen molar-refractivity contribution in [2.24, 2.45) is 7.05 Å². The first-order valence-electron chi connectivity index (χ1n) is 4.81. The van der Waals surface area contributed by atoms with Gasteiger partial charge in [-0.05, 0) is 19.1 Å². The van der Waals surface area contributed by atoms with Crippen molar-refractivity contribution in [1.82, 2.24) is 9.78 Å². The second-order valence-electron chi connectivity index (χ2n) is 3.46. The molecule has 0 amide bonds. The summed E-state index contributed by atoms with van der Waals surface area (Å²) in [5.74, 6) is 0.0561. The van der Waals surface area contributed by atoms with E-state index in [2.05, 4.69) is 5.10 Å². The lowest BCUT2D eigenvalue weighted by Gasteiger charge is -2.06. The van der Waals surface area contributed by atoms with Gasteiger partial charge in [0.1, 0.15) is 5.69 Å². The Balaban J connectivity index is 2.38. The second kappa shape index (κ2) is 3.84. The number of aryl methyl sites for hydroxylation is 2. The number of nitrogens with zero attached hydrogens (tertiary/aromatic N) is 2. The van der Waals surface area contributed by atoms with Crippen LogP contribution in [0.3, 0.4) is 0 Å². The van der Waals surface area contributed by atoms with Crippen molar-refractivity contribution >= 4 is 5.69 Å². The number of nitrogen functional groups attached to an aromatic ring is 1. The number of benzene rings is 1. The van der Waals surface area contributed by atoms with E-state index in [9.17, 15) is 4.39 Å². The van der Waals surface area contributed by atoms with Crippen LogP contribution in [-0.2, 0) is 7.05 Å². The van der Waals surface area contributed by atoms with E-state index in [4.69, 9.17) is 10.5 Å². The average Bonchev–Trinajstić information content (AvgIpc) is 2.48. The summed E-state index contributed by atoms with van der Waals surface area (Å²) < 4.78 is 20.2. The topological polar surface area (TPSA) is 53.1 Å². The number of rotatable bonds is 2. The molecule has 0 aliphatic carbocycles. The molecule has 1 heterocycles. The van der Waals surface area contributed by atoms with E-state index in [1.165, 1.54) is 16.8 Å². The highest BCUT2D eigenvalue weighted by Crippen LogP contribution is 2.30. The fourth-order valence-corrected chi connectivity index (χ4v) is 1.41. The Bertz CT molecular complexity index is 522. The normalized spacial score (nSPS) is 10.4. The predicted octanol–water partition coefficient (Wildman–Crippen LogP) is 2.24. The van der Waals surface area contributed by atoms with Crippen LogP contribution in [0.25, 0.3) is 0 Å². The Hall–Kier alpha value is -2.04. The quantitative estimate of drug-likeness (QED) is 0.846. The molecule has 84 valence electrons. The fraction of sp³-hybridized carbons (Fsp3) is 0.182. The lowest BCUT2D eigenvalue weighted by atomic mass is 10.3. The minimum absolute atomic E-state index is 0.136. The summed E-state index contributed by atoms with van der Waals surface area (Å²) in [5, 5.41) is 4.08. The van der Waals surface area contributed by atoms with E-state index >= 15 is 0 Å². The molecule has 2 rings (SSSR count). The monoisotopic (exact) mass is 221 g/mol. The highest BCUT2D eigenvalue weighted by molar-refractivity contribution is 5.53. The van der Waals surface area contributed by atoms with Gasteiger partial charge in [-0.2, -0.15) is 5.10 Å². The Morgan fingerprint density at radius 1 is 1.38 bits per heavy atom. The number of ether oxygens (including phenoxy) is 1. The van der Waals surface area contributed by atoms with E-state index in [1.807, 2.05) is 0 Å². The van der Waals surface area contributed by atoms with Gasteiger partial charge < -0.3 is 10.5 Å². The Kier molecular flexibility index (Phi) is 2.52. The molecule has 0 aliphatic rings. The summed E-state index contributed by atoms with van der Waals surface area (Å²) in [5.41, 5.74) is 6.85. The minimum atomic E-state index is -0.430. The molecule has 4 nitrogen and oxygen atoms in total. The maximum absolute atomic E-state index is 13.4. The van der Waals surface area contributed by atoms with Gasteiger partial charge in [-0.25, -0.2) is 9.07 Å². The summed E-state index contributed by atoms with van der Waals surface area (Å²) in [6.45, 7) is 1.77. The van der Waals surface area contributed by atoms with E-state index in [1.54, 1.807) is 26.1 Å². The molecular weight excluding hydrogens is 209 g/mol. The van der Waals surface area contributed by atoms with Crippen molar-refractivity contribution in [3.8, 4) is 11.6 Å². The molecule has 0 saturated heterocycles. The highest BCUT2D eigenvalue weighted by Gasteiger charge is 2.13. The lowest BCUT2D eigenvalue weighted by molar-refractivity contribution is 0.405. The van der Waals surface area contributed by atoms with Crippen LogP contribution in [0, 0.1) is 12.7 Å². The zero-order valence-electron chi connectivity index (χ0n) is 9.07. The van der Waals surface area contributed by atoms with E-state index in [0.717, 1.165) is 0 Å². The Morgan fingerprint density at radius 3 is 2.62 bits per heavy atom. The third kappa shape index (κ3) is 1.71. The average molecular weight is 221 g/mol. The largest absolute Gasteiger partial charge is 0.434 e. The molecular formula is C11H12FN3O. The van der Waals surface area contributed by atoms with Gasteiger partial charge in [-0.3, -0.25) is 0 Å². The standard InChI is InChI=1S/C11H12FN3O/c1-7-10(13)11(15(2)14-7)16-9-6-4-3-5-8(9)12/h3-6H,13H2,1-2H3. The van der Waals surface area contributed by atoms with Crippen LogP contribution in [0.2, 0.25) is 0 Å². The van der Waals surface area contributed by atoms with Crippen LogP contribution in [0.15, 0.2) is 24.3 Å². The van der Waals surface area contributed by atoms with Crippen molar-refractivity contribution in [2.45, 2.75) is 6.92 Å². The zero-order valence-corrected chi connectivity index (χ0v) is 9.07. The van der Waals surface area contributed by atoms with Crippen LogP contribution in [0.5, 0.6) is 11.6 Å². The first kappa shape index (κ1) is 10.5. The molecule has 1 aromatic carbocycles. The number of para-hydroxylation sites is 1. The van der Waals surface area contributed by atoms with Gasteiger partial charge in [-0.1, -0.05) is 12.1 Å². The third-order valence-corrected chi connectivity index (χ3v) is 2.26. The van der Waals surface area contributed by atoms with Gasteiger partial charge >= 0.3 is 0 Å². The fourth-order valence-electron chi connectivity index (χ4n) is 1.41. The van der Waals surface area contributed by atoms with Crippen LogP contribution < -0.4 is 10.5 Å². The smallest absolute Gasteiger partial charge is 0.241 e. The first-order chi connectivity index (χ1) is 7.59. The molecule has 2 N–H and O–H groups in total. The lowest BCUT2D eigenvalue weighted by Crippen LogP contribution is -1.98. The van der Waals surface area contributed by atoms with Crippen LogP contribution in [0.4, 0.5) is 10.1 Å². The number of aromatic nitrogens is 2. The molecule has 0 atom stereocenters. The minimum Gasteiger partial charge on any atom is -0.434 e. The van der Waals surface area contributed by atoms with Crippen LogP contribution in [-0.4, -0.2) is 9.78 Å². The van der Waals surface area contributed by atoms with Gasteiger partial charge in [0, 0.05) is 7.05 Å². The molecule has 0 unspecified atom stereocenters. The van der Waals surface area contributed by atoms with Gasteiger partial charge in [0.05, 0.1) is 5.69 Å². The highest BCUT2D eigenvalue weighted by atomic mass is 19.1. The van der Waals surface area contributed by atoms with Crippen LogP contribution in [0.1, 0.15) is 5.69 Å². The molecule has 0 radical (unpaired) electrons. The number of anilines is 1. The number of nitrogens with two attached hydrogens (primary N) is 1. The van der Waals surface area contributed by atoms with Gasteiger partial charge in [0.2, 0.25) is 5.88 Å². The van der Waals surface area contributed by atoms with Crippen molar-refractivity contribution in [2.75, 3.05) is 5.73 Å². The molecule has 0 bridgehead atoms. The Morgan fingerprint density at radius 2 is 2.06 bits per heavy atom. The van der Waals surface area contributed by atoms with E-state index in [0.29, 0.717) is 17.3 Å². The van der Waals surface area contributed by atoms with Gasteiger partial charge in [0.25, 0.3) is 0 Å². The summed E-state index contributed by atoms with van der Waals surface area (Å²) >= 11 is 0. The van der Waals surface area contributed by atoms with Gasteiger partial charge in [0.15, 0.2) is 11.6 Å². The molecule has 0 saturated carbocycles. The van der Waals surface area contributed by atoms with Crippen molar-refractivity contribution in [3.05, 3.63) is 35.8 Å². The summed E-state index contributed by atoms with van der Waals surface area (Å²) in [6.07, 6.45) is 0. The predicted molar refractivity (Wildman–Crippen MR) is 58.8 cm³/mol. The number of halogens is 1. The van der Waals surface area contributed by atoms with Gasteiger partial charge in [-0.15, -0.1) is 0 Å². The summed E-state index contributed by atoms with van der Waals surface area (Å²) in [6, 6.07) is 6.16. The second-order valence-corrected chi connectivity index (χ2v) is 3.46. The molecule has 5 heteroatoms. The third-order valence-electron chi connectivity index (χ3n) is 2.26. The molecule has 0 fully saturated rings. The first-order valence-corrected chi connectivity index (χ1v) is 4.81. The van der Waals surface area contributed by atoms with Crippen molar-refractivity contribution < 1.29 is 9.13 Å². The summed E-state index contributed by atoms with van der Waals surface area (Å²) in [4.78, 5) is 0. The molecule has 2 aromatic rings. The van der Waals surface area contributed by atoms with Crippen molar-refractivity contribution in [3.63, 3.8) is 0 Å². The van der Waals surface area contributed by atoms with Crippen LogP contribution >= 0.6 is 0 Å². The molecule has 1 aromatic heterocycles. The Labute approximate surface area is 92.4 Å². The SMILES string of the molecule is Cc1nn(C)c(Oc2ccccc2F)c1N. The summed E-state index contributed by atoms with van der Waals surface area (Å²) in [7, 11) is 1.69. The van der Waals surface area contributed by atoms with E-state index in [-0.39, 0.29) is 5.75 Å². The molecule has 0 spiro atoms. The maximum atomic E-state index is 13.4. The maximum Gasteiger partial charge on any atom is 0.241 e. The molecule has 0 aliphatic heterocycles. The number of hydrogen-bond donors (Lipinski definition) is 1. The van der Waals surface area contributed by atoms with Crippen molar-refractivity contribution in [1.29, 1.82) is 0 Å². The van der Waals surface area contributed by atoms with E-state index < -0.39 is 5.82 Å². The number of hydrogen-bond acceptors (Lipinski definition) is 3. The molecule has 16 heavy (non-hydrogen) atoms.